The summed E-state index contributed by atoms with van der Waals surface area (Å²) < 4.78 is 28.5. The van der Waals surface area contributed by atoms with E-state index in [1.807, 2.05) is 6.92 Å². The molecule has 0 radical (unpaired) electrons. The summed E-state index contributed by atoms with van der Waals surface area (Å²) in [6.45, 7) is 11.6. The van der Waals surface area contributed by atoms with Crippen LogP contribution in [0.5, 0.6) is 0 Å². The molecule has 0 amide bonds. The van der Waals surface area contributed by atoms with Crippen molar-refractivity contribution < 1.29 is 8.42 Å². The van der Waals surface area contributed by atoms with E-state index in [4.69, 9.17) is 0 Å². The molecule has 0 bridgehead atoms. The average molecular weight is 320 g/mol. The molecule has 1 atom stereocenters. The first kappa shape index (κ1) is 18.9. The Labute approximate surface area is 131 Å². The molecular weight excluding hydrogens is 286 g/mol. The second-order valence-corrected chi connectivity index (χ2v) is 8.54. The standard InChI is InChI=1S/C15H33N3O2S/c1-6-9-16-12-15-7-10-18(11-8-15)21(19,20)17(5)14(4)13(2)3/h13-16H,6-12H2,1-5H3. The number of hydrogen-bond donors (Lipinski definition) is 1. The number of rotatable bonds is 8. The lowest BCUT2D eigenvalue weighted by atomic mass is 9.98. The summed E-state index contributed by atoms with van der Waals surface area (Å²) in [6, 6.07) is 0.0268. The molecule has 0 aromatic carbocycles. The minimum Gasteiger partial charge on any atom is -0.316 e. The maximum Gasteiger partial charge on any atom is 0.281 e. The van der Waals surface area contributed by atoms with Crippen LogP contribution in [0.4, 0.5) is 0 Å². The molecule has 0 aliphatic carbocycles. The van der Waals surface area contributed by atoms with Crippen LogP contribution in [-0.4, -0.2) is 56.3 Å². The lowest BCUT2D eigenvalue weighted by Gasteiger charge is -2.36. The number of nitrogens with zero attached hydrogens (tertiary/aromatic N) is 2. The highest BCUT2D eigenvalue weighted by atomic mass is 32.2. The molecule has 126 valence electrons. The molecule has 1 N–H and O–H groups in total. The number of nitrogens with one attached hydrogen (secondary N) is 1. The Kier molecular flexibility index (Phi) is 7.60. The van der Waals surface area contributed by atoms with Crippen molar-refractivity contribution in [3.8, 4) is 0 Å². The molecule has 1 saturated heterocycles. The smallest absolute Gasteiger partial charge is 0.281 e. The third-order valence-corrected chi connectivity index (χ3v) is 6.74. The van der Waals surface area contributed by atoms with Crippen LogP contribution in [0.25, 0.3) is 0 Å². The molecule has 6 heteroatoms. The van der Waals surface area contributed by atoms with E-state index in [0.717, 1.165) is 32.4 Å². The summed E-state index contributed by atoms with van der Waals surface area (Å²) in [5.74, 6) is 0.927. The van der Waals surface area contributed by atoms with E-state index in [9.17, 15) is 8.42 Å². The third kappa shape index (κ3) is 5.20. The van der Waals surface area contributed by atoms with Crippen molar-refractivity contribution in [1.29, 1.82) is 0 Å². The molecule has 1 fully saturated rings. The first-order chi connectivity index (χ1) is 9.80. The van der Waals surface area contributed by atoms with Gasteiger partial charge in [0.2, 0.25) is 0 Å². The highest BCUT2D eigenvalue weighted by molar-refractivity contribution is 7.86. The van der Waals surface area contributed by atoms with Gasteiger partial charge in [0.15, 0.2) is 0 Å². The van der Waals surface area contributed by atoms with Crippen LogP contribution in [0.1, 0.15) is 47.0 Å². The van der Waals surface area contributed by atoms with E-state index in [1.165, 1.54) is 4.31 Å². The van der Waals surface area contributed by atoms with Crippen LogP contribution < -0.4 is 5.32 Å². The predicted molar refractivity (Wildman–Crippen MR) is 88.4 cm³/mol. The normalized spacial score (nSPS) is 20.3. The molecule has 0 aromatic rings. The van der Waals surface area contributed by atoms with E-state index in [2.05, 4.69) is 26.1 Å². The van der Waals surface area contributed by atoms with E-state index < -0.39 is 10.2 Å². The summed E-state index contributed by atoms with van der Waals surface area (Å²) in [6.07, 6.45) is 3.06. The minimum absolute atomic E-state index is 0.0268. The topological polar surface area (TPSA) is 52.7 Å². The fourth-order valence-corrected chi connectivity index (χ4v) is 4.34. The maximum absolute atomic E-state index is 12.6. The lowest BCUT2D eigenvalue weighted by molar-refractivity contribution is 0.235. The van der Waals surface area contributed by atoms with Gasteiger partial charge in [0.05, 0.1) is 0 Å². The Bertz CT molecular complexity index is 390. The summed E-state index contributed by atoms with van der Waals surface area (Å²) >= 11 is 0. The Morgan fingerprint density at radius 3 is 2.29 bits per heavy atom. The van der Waals surface area contributed by atoms with Gasteiger partial charge in [0, 0.05) is 26.2 Å². The minimum atomic E-state index is -3.31. The van der Waals surface area contributed by atoms with Crippen LogP contribution >= 0.6 is 0 Å². The van der Waals surface area contributed by atoms with Crippen LogP contribution in [-0.2, 0) is 10.2 Å². The molecule has 1 aliphatic rings. The van der Waals surface area contributed by atoms with E-state index >= 15 is 0 Å². The summed E-state index contributed by atoms with van der Waals surface area (Å²) in [5, 5.41) is 3.44. The van der Waals surface area contributed by atoms with Crippen molar-refractivity contribution in [2.75, 3.05) is 33.2 Å². The highest BCUT2D eigenvalue weighted by Crippen LogP contribution is 2.22. The van der Waals surface area contributed by atoms with Gasteiger partial charge < -0.3 is 5.32 Å². The van der Waals surface area contributed by atoms with Crippen molar-refractivity contribution in [3.63, 3.8) is 0 Å². The number of hydrogen-bond acceptors (Lipinski definition) is 3. The highest BCUT2D eigenvalue weighted by Gasteiger charge is 2.33. The molecule has 1 unspecified atom stereocenters. The quantitative estimate of drug-likeness (QED) is 0.696. The monoisotopic (exact) mass is 319 g/mol. The molecule has 0 aromatic heterocycles. The molecule has 5 nitrogen and oxygen atoms in total. The van der Waals surface area contributed by atoms with Gasteiger partial charge in [-0.15, -0.1) is 0 Å². The molecule has 0 saturated carbocycles. The summed E-state index contributed by atoms with van der Waals surface area (Å²) in [5.41, 5.74) is 0. The number of piperidine rings is 1. The van der Waals surface area contributed by atoms with Crippen LogP contribution in [0.2, 0.25) is 0 Å². The van der Waals surface area contributed by atoms with Crippen LogP contribution in [0.15, 0.2) is 0 Å². The molecule has 1 rings (SSSR count). The largest absolute Gasteiger partial charge is 0.316 e. The van der Waals surface area contributed by atoms with Crippen molar-refractivity contribution in [2.45, 2.75) is 53.0 Å². The van der Waals surface area contributed by atoms with E-state index in [1.54, 1.807) is 11.4 Å². The Hall–Kier alpha value is -0.170. The molecule has 0 spiro atoms. The van der Waals surface area contributed by atoms with Gasteiger partial charge >= 0.3 is 0 Å². The second-order valence-electron chi connectivity index (χ2n) is 6.56. The molecule has 21 heavy (non-hydrogen) atoms. The molecule has 1 aliphatic heterocycles. The molecule has 1 heterocycles. The van der Waals surface area contributed by atoms with Gasteiger partial charge in [0.25, 0.3) is 10.2 Å². The summed E-state index contributed by atoms with van der Waals surface area (Å²) in [4.78, 5) is 0. The average Bonchev–Trinajstić information content (AvgIpc) is 2.46. The SMILES string of the molecule is CCCNCC1CCN(S(=O)(=O)N(C)C(C)C(C)C)CC1. The third-order valence-electron chi connectivity index (χ3n) is 4.66. The zero-order valence-electron chi connectivity index (χ0n) is 14.3. The van der Waals surface area contributed by atoms with E-state index in [-0.39, 0.29) is 6.04 Å². The first-order valence-corrected chi connectivity index (χ1v) is 9.64. The van der Waals surface area contributed by atoms with E-state index in [0.29, 0.717) is 24.9 Å². The maximum atomic E-state index is 12.6. The van der Waals surface area contributed by atoms with Crippen molar-refractivity contribution in [1.82, 2.24) is 13.9 Å². The van der Waals surface area contributed by atoms with Gasteiger partial charge in [0.1, 0.15) is 0 Å². The van der Waals surface area contributed by atoms with Gasteiger partial charge in [-0.2, -0.15) is 17.0 Å². The van der Waals surface area contributed by atoms with Gasteiger partial charge in [-0.3, -0.25) is 0 Å². The fourth-order valence-electron chi connectivity index (χ4n) is 2.64. The van der Waals surface area contributed by atoms with Crippen LogP contribution in [0, 0.1) is 11.8 Å². The Morgan fingerprint density at radius 2 is 1.81 bits per heavy atom. The Morgan fingerprint density at radius 1 is 1.24 bits per heavy atom. The van der Waals surface area contributed by atoms with Crippen molar-refractivity contribution in [2.24, 2.45) is 11.8 Å². The lowest BCUT2D eigenvalue weighted by Crippen LogP contribution is -2.50. The van der Waals surface area contributed by atoms with Gasteiger partial charge in [-0.25, -0.2) is 0 Å². The predicted octanol–water partition coefficient (Wildman–Crippen LogP) is 1.92. The Balaban J connectivity index is 2.52. The zero-order valence-corrected chi connectivity index (χ0v) is 15.1. The van der Waals surface area contributed by atoms with Crippen molar-refractivity contribution in [3.05, 3.63) is 0 Å². The van der Waals surface area contributed by atoms with Crippen molar-refractivity contribution >= 4 is 10.2 Å². The molecular formula is C15H33N3O2S. The second kappa shape index (κ2) is 8.46. The fraction of sp³-hybridized carbons (Fsp3) is 1.00. The first-order valence-electron chi connectivity index (χ1n) is 8.24. The summed E-state index contributed by atoms with van der Waals surface area (Å²) in [7, 11) is -1.61. The van der Waals surface area contributed by atoms with Crippen LogP contribution in [0.3, 0.4) is 0 Å². The van der Waals surface area contributed by atoms with Gasteiger partial charge in [-0.05, 0) is 51.1 Å². The zero-order chi connectivity index (χ0) is 16.0. The van der Waals surface area contributed by atoms with Gasteiger partial charge in [-0.1, -0.05) is 20.8 Å².